The Kier molecular flexibility index (Phi) is 4.63. The number of nitrogens with zero attached hydrogens (tertiary/aromatic N) is 3. The van der Waals surface area contributed by atoms with Crippen LogP contribution >= 0.6 is 11.6 Å². The number of nitrogens with one attached hydrogen (secondary N) is 1. The minimum absolute atomic E-state index is 0.0138. The number of hydrogen-bond donors (Lipinski definition) is 2. The second-order valence-corrected chi connectivity index (χ2v) is 6.31. The molecule has 0 saturated heterocycles. The molecule has 3 rings (SSSR count). The summed E-state index contributed by atoms with van der Waals surface area (Å²) >= 11 is 5.71. The molecule has 8 nitrogen and oxygen atoms in total. The number of anilines is 2. The smallest absolute Gasteiger partial charge is 0.332 e. The fraction of sp³-hybridized carbons (Fsp3) is 0.375. The van der Waals surface area contributed by atoms with Gasteiger partial charge in [-0.15, -0.1) is 0 Å². The van der Waals surface area contributed by atoms with Crippen LogP contribution in [0.2, 0.25) is 5.15 Å². The van der Waals surface area contributed by atoms with Crippen molar-refractivity contribution in [1.82, 2.24) is 14.1 Å². The van der Waals surface area contributed by atoms with E-state index in [1.165, 1.54) is 22.9 Å². The molecule has 0 aliphatic heterocycles. The van der Waals surface area contributed by atoms with Gasteiger partial charge in [-0.1, -0.05) is 18.5 Å². The average Bonchev–Trinajstić information content (AvgIpc) is 3.41. The van der Waals surface area contributed by atoms with Crippen molar-refractivity contribution in [1.29, 1.82) is 0 Å². The number of halogens is 1. The highest BCUT2D eigenvalue weighted by Gasteiger charge is 2.30. The molecule has 132 valence electrons. The van der Waals surface area contributed by atoms with Gasteiger partial charge in [-0.2, -0.15) is 0 Å². The first kappa shape index (κ1) is 17.2. The summed E-state index contributed by atoms with van der Waals surface area (Å²) in [6.07, 6.45) is 3.55. The number of amides is 1. The van der Waals surface area contributed by atoms with E-state index in [1.54, 1.807) is 0 Å². The zero-order valence-corrected chi connectivity index (χ0v) is 14.4. The third kappa shape index (κ3) is 3.30. The van der Waals surface area contributed by atoms with Crippen molar-refractivity contribution in [3.63, 3.8) is 0 Å². The summed E-state index contributed by atoms with van der Waals surface area (Å²) in [7, 11) is 0. The first-order valence-corrected chi connectivity index (χ1v) is 8.39. The van der Waals surface area contributed by atoms with Crippen LogP contribution in [-0.2, 0) is 6.54 Å². The van der Waals surface area contributed by atoms with Gasteiger partial charge in [-0.3, -0.25) is 18.7 Å². The maximum atomic E-state index is 12.6. The van der Waals surface area contributed by atoms with Crippen molar-refractivity contribution in [2.24, 2.45) is 0 Å². The number of hydrogen-bond acceptors (Lipinski definition) is 5. The number of nitrogen functional groups attached to an aromatic ring is 1. The van der Waals surface area contributed by atoms with Crippen LogP contribution in [0.25, 0.3) is 0 Å². The van der Waals surface area contributed by atoms with Crippen LogP contribution in [0, 0.1) is 0 Å². The van der Waals surface area contributed by atoms with Crippen molar-refractivity contribution < 1.29 is 4.79 Å². The van der Waals surface area contributed by atoms with Gasteiger partial charge in [-0.25, -0.2) is 9.78 Å². The van der Waals surface area contributed by atoms with Gasteiger partial charge in [0.1, 0.15) is 16.7 Å². The van der Waals surface area contributed by atoms with Crippen LogP contribution in [0.5, 0.6) is 0 Å². The molecule has 2 heterocycles. The standard InChI is InChI=1S/C16H18ClN5O3/c1-2-7-21-15(24)12(13(18)22(16(21)25)10-4-5-10)20-14(23)9-3-6-11(17)19-8-9/h3,6,8,10H,2,4-5,7,18H2,1H3,(H,20,23). The molecule has 25 heavy (non-hydrogen) atoms. The predicted octanol–water partition coefficient (Wildman–Crippen LogP) is 1.64. The van der Waals surface area contributed by atoms with E-state index in [0.29, 0.717) is 6.42 Å². The third-order valence-corrected chi connectivity index (χ3v) is 4.22. The van der Waals surface area contributed by atoms with Gasteiger partial charge in [0.05, 0.1) is 5.56 Å². The molecule has 9 heteroatoms. The number of nitrogens with two attached hydrogens (primary N) is 1. The largest absolute Gasteiger partial charge is 0.383 e. The molecule has 0 unspecified atom stereocenters. The molecule has 3 N–H and O–H groups in total. The lowest BCUT2D eigenvalue weighted by atomic mass is 10.2. The normalized spacial score (nSPS) is 13.7. The third-order valence-electron chi connectivity index (χ3n) is 4.00. The number of pyridine rings is 1. The zero-order valence-electron chi connectivity index (χ0n) is 13.7. The van der Waals surface area contributed by atoms with Crippen molar-refractivity contribution in [2.45, 2.75) is 38.8 Å². The fourth-order valence-electron chi connectivity index (χ4n) is 2.60. The highest BCUT2D eigenvalue weighted by atomic mass is 35.5. The first-order valence-electron chi connectivity index (χ1n) is 8.01. The van der Waals surface area contributed by atoms with Gasteiger partial charge in [0.2, 0.25) is 0 Å². The summed E-state index contributed by atoms with van der Waals surface area (Å²) in [4.78, 5) is 41.4. The summed E-state index contributed by atoms with van der Waals surface area (Å²) in [5, 5.41) is 2.78. The monoisotopic (exact) mass is 363 g/mol. The second-order valence-electron chi connectivity index (χ2n) is 5.92. The summed E-state index contributed by atoms with van der Waals surface area (Å²) < 4.78 is 2.51. The van der Waals surface area contributed by atoms with Crippen LogP contribution in [0.1, 0.15) is 42.6 Å². The zero-order chi connectivity index (χ0) is 18.1. The molecule has 0 radical (unpaired) electrons. The van der Waals surface area contributed by atoms with Gasteiger partial charge in [0, 0.05) is 18.8 Å². The molecule has 0 aromatic carbocycles. The Labute approximate surface area is 148 Å². The summed E-state index contributed by atoms with van der Waals surface area (Å²) in [6.45, 7) is 2.12. The lowest BCUT2D eigenvalue weighted by Crippen LogP contribution is -2.42. The molecular weight excluding hydrogens is 346 g/mol. The van der Waals surface area contributed by atoms with Gasteiger partial charge >= 0.3 is 5.69 Å². The lowest BCUT2D eigenvalue weighted by molar-refractivity contribution is 0.102. The fourth-order valence-corrected chi connectivity index (χ4v) is 2.72. The van der Waals surface area contributed by atoms with Crippen molar-refractivity contribution in [3.05, 3.63) is 49.9 Å². The molecule has 1 aliphatic carbocycles. The van der Waals surface area contributed by atoms with E-state index in [4.69, 9.17) is 17.3 Å². The SMILES string of the molecule is CCCn1c(=O)c(NC(=O)c2ccc(Cl)nc2)c(N)n(C2CC2)c1=O. The molecular formula is C16H18ClN5O3. The Morgan fingerprint density at radius 2 is 2.12 bits per heavy atom. The Morgan fingerprint density at radius 1 is 1.40 bits per heavy atom. The minimum Gasteiger partial charge on any atom is -0.383 e. The van der Waals surface area contributed by atoms with Gasteiger partial charge < -0.3 is 11.1 Å². The van der Waals surface area contributed by atoms with E-state index in [9.17, 15) is 14.4 Å². The molecule has 1 amide bonds. The van der Waals surface area contributed by atoms with Gasteiger partial charge in [0.15, 0.2) is 0 Å². The number of aromatic nitrogens is 3. The van der Waals surface area contributed by atoms with Crippen LogP contribution in [0.3, 0.4) is 0 Å². The Balaban J connectivity index is 2.05. The molecule has 1 saturated carbocycles. The maximum absolute atomic E-state index is 12.6. The van der Waals surface area contributed by atoms with Gasteiger partial charge in [-0.05, 0) is 31.4 Å². The molecule has 0 bridgehead atoms. The first-order chi connectivity index (χ1) is 11.9. The topological polar surface area (TPSA) is 112 Å². The van der Waals surface area contributed by atoms with E-state index < -0.39 is 17.2 Å². The highest BCUT2D eigenvalue weighted by Crippen LogP contribution is 2.36. The van der Waals surface area contributed by atoms with Crippen LogP contribution in [0.15, 0.2) is 27.9 Å². The molecule has 0 spiro atoms. The number of carbonyl (C=O) groups is 1. The van der Waals surface area contributed by atoms with E-state index in [1.807, 2.05) is 6.92 Å². The number of rotatable bonds is 5. The predicted molar refractivity (Wildman–Crippen MR) is 95.1 cm³/mol. The Hall–Kier alpha value is -2.61. The molecule has 0 atom stereocenters. The van der Waals surface area contributed by atoms with Crippen molar-refractivity contribution >= 4 is 29.0 Å². The van der Waals surface area contributed by atoms with Crippen LogP contribution in [0.4, 0.5) is 11.5 Å². The maximum Gasteiger partial charge on any atom is 0.332 e. The van der Waals surface area contributed by atoms with E-state index in [0.717, 1.165) is 17.4 Å². The van der Waals surface area contributed by atoms with Crippen LogP contribution < -0.4 is 22.3 Å². The summed E-state index contributed by atoms with van der Waals surface area (Å²) in [5.74, 6) is -0.558. The van der Waals surface area contributed by atoms with Crippen molar-refractivity contribution in [3.8, 4) is 0 Å². The summed E-state index contributed by atoms with van der Waals surface area (Å²) in [6, 6.07) is 2.94. The molecule has 2 aromatic rings. The van der Waals surface area contributed by atoms with E-state index in [-0.39, 0.29) is 34.8 Å². The van der Waals surface area contributed by atoms with E-state index >= 15 is 0 Å². The quantitative estimate of drug-likeness (QED) is 0.784. The van der Waals surface area contributed by atoms with E-state index in [2.05, 4.69) is 10.3 Å². The van der Waals surface area contributed by atoms with Crippen molar-refractivity contribution in [2.75, 3.05) is 11.1 Å². The highest BCUT2D eigenvalue weighted by molar-refractivity contribution is 6.29. The molecule has 1 fully saturated rings. The average molecular weight is 364 g/mol. The number of carbonyl (C=O) groups excluding carboxylic acids is 1. The summed E-state index contributed by atoms with van der Waals surface area (Å²) in [5.41, 5.74) is 5.15. The molecule has 2 aromatic heterocycles. The molecule has 1 aliphatic rings. The lowest BCUT2D eigenvalue weighted by Gasteiger charge is -2.16. The van der Waals surface area contributed by atoms with Gasteiger partial charge in [0.25, 0.3) is 11.5 Å². The Morgan fingerprint density at radius 3 is 2.68 bits per heavy atom. The van der Waals surface area contributed by atoms with Crippen LogP contribution in [-0.4, -0.2) is 20.0 Å². The second kappa shape index (κ2) is 6.72. The Bertz CT molecular complexity index is 929. The minimum atomic E-state index is -0.600.